The van der Waals surface area contributed by atoms with Crippen molar-refractivity contribution in [2.75, 3.05) is 19.6 Å². The highest BCUT2D eigenvalue weighted by Gasteiger charge is 2.35. The zero-order valence-electron chi connectivity index (χ0n) is 12.6. The number of rotatable bonds is 4. The summed E-state index contributed by atoms with van der Waals surface area (Å²) < 4.78 is 0. The summed E-state index contributed by atoms with van der Waals surface area (Å²) in [6.45, 7) is 3.93. The van der Waals surface area contributed by atoms with E-state index in [1.807, 2.05) is 0 Å². The minimum atomic E-state index is 0.933. The van der Waals surface area contributed by atoms with Crippen LogP contribution >= 0.6 is 0 Å². The van der Waals surface area contributed by atoms with Crippen LogP contribution in [0.5, 0.6) is 0 Å². The topological polar surface area (TPSA) is 15.3 Å². The minimum Gasteiger partial charge on any atom is -0.317 e. The van der Waals surface area contributed by atoms with Crippen molar-refractivity contribution in [1.29, 1.82) is 0 Å². The fourth-order valence-electron chi connectivity index (χ4n) is 4.13. The van der Waals surface area contributed by atoms with E-state index in [0.717, 1.165) is 18.0 Å². The molecule has 1 aliphatic heterocycles. The molecule has 3 aliphatic rings. The third kappa shape index (κ3) is 4.19. The lowest BCUT2D eigenvalue weighted by Gasteiger charge is -2.37. The lowest BCUT2D eigenvalue weighted by atomic mass is 9.92. The van der Waals surface area contributed by atoms with Crippen LogP contribution in [-0.4, -0.2) is 36.6 Å². The molecule has 0 amide bonds. The largest absolute Gasteiger partial charge is 0.317 e. The first-order valence-corrected chi connectivity index (χ1v) is 8.90. The molecule has 2 aliphatic carbocycles. The van der Waals surface area contributed by atoms with Crippen LogP contribution in [0.1, 0.15) is 70.6 Å². The van der Waals surface area contributed by atoms with E-state index in [4.69, 9.17) is 0 Å². The van der Waals surface area contributed by atoms with Gasteiger partial charge in [0.25, 0.3) is 0 Å². The summed E-state index contributed by atoms with van der Waals surface area (Å²) in [6.07, 6.45) is 16.2. The Kier molecular flexibility index (Phi) is 5.17. The van der Waals surface area contributed by atoms with E-state index in [9.17, 15) is 0 Å². The van der Waals surface area contributed by atoms with Gasteiger partial charge in [0.05, 0.1) is 0 Å². The van der Waals surface area contributed by atoms with Crippen molar-refractivity contribution >= 4 is 0 Å². The summed E-state index contributed by atoms with van der Waals surface area (Å²) in [5.74, 6) is 0.979. The average Bonchev–Trinajstić information content (AvgIpc) is 3.22. The fourth-order valence-corrected chi connectivity index (χ4v) is 4.13. The Hall–Kier alpha value is -0.0800. The van der Waals surface area contributed by atoms with Crippen LogP contribution in [0.3, 0.4) is 0 Å². The quantitative estimate of drug-likeness (QED) is 0.835. The summed E-state index contributed by atoms with van der Waals surface area (Å²) in [5.41, 5.74) is 0. The van der Waals surface area contributed by atoms with Gasteiger partial charge in [-0.15, -0.1) is 0 Å². The average molecular weight is 264 g/mol. The number of piperidine rings is 1. The molecule has 2 nitrogen and oxygen atoms in total. The molecule has 1 heterocycles. The molecule has 0 aromatic rings. The second-order valence-corrected chi connectivity index (χ2v) is 7.12. The molecule has 110 valence electrons. The minimum absolute atomic E-state index is 0.933. The number of nitrogens with zero attached hydrogens (tertiary/aromatic N) is 1. The molecule has 3 fully saturated rings. The highest BCUT2D eigenvalue weighted by molar-refractivity contribution is 4.90. The van der Waals surface area contributed by atoms with Crippen LogP contribution in [0.25, 0.3) is 0 Å². The van der Waals surface area contributed by atoms with E-state index in [2.05, 4.69) is 10.2 Å². The molecule has 0 spiro atoms. The lowest BCUT2D eigenvalue weighted by molar-refractivity contribution is 0.122. The molecule has 0 radical (unpaired) electrons. The molecule has 0 bridgehead atoms. The smallest absolute Gasteiger partial charge is 0.00994 e. The molecule has 19 heavy (non-hydrogen) atoms. The Morgan fingerprint density at radius 3 is 1.89 bits per heavy atom. The maximum Gasteiger partial charge on any atom is 0.00994 e. The molecular formula is C17H32N2. The van der Waals surface area contributed by atoms with Crippen LogP contribution in [0.2, 0.25) is 0 Å². The molecule has 3 rings (SSSR count). The van der Waals surface area contributed by atoms with E-state index in [1.165, 1.54) is 90.3 Å². The van der Waals surface area contributed by atoms with Gasteiger partial charge in [0.2, 0.25) is 0 Å². The molecular weight excluding hydrogens is 232 g/mol. The van der Waals surface area contributed by atoms with E-state index >= 15 is 0 Å². The third-order valence-corrected chi connectivity index (χ3v) is 5.49. The monoisotopic (exact) mass is 264 g/mol. The Morgan fingerprint density at radius 1 is 0.684 bits per heavy atom. The number of hydrogen-bond donors (Lipinski definition) is 1. The second-order valence-electron chi connectivity index (χ2n) is 7.12. The normalized spacial score (nSPS) is 28.3. The molecule has 1 N–H and O–H groups in total. The molecule has 2 saturated carbocycles. The van der Waals surface area contributed by atoms with Gasteiger partial charge in [-0.3, -0.25) is 4.90 Å². The van der Waals surface area contributed by atoms with Crippen LogP contribution in [-0.2, 0) is 0 Å². The standard InChI is InChI=1S/C17H32N2/c1-2-4-6-16(7-5-3-1)19(17-8-9-17)14-15-10-12-18-13-11-15/h15-18H,1-14H2. The van der Waals surface area contributed by atoms with Crippen LogP contribution < -0.4 is 5.32 Å². The Bertz CT molecular complexity index is 248. The summed E-state index contributed by atoms with van der Waals surface area (Å²) in [7, 11) is 0. The fraction of sp³-hybridized carbons (Fsp3) is 1.00. The number of hydrogen-bond acceptors (Lipinski definition) is 2. The van der Waals surface area contributed by atoms with Gasteiger partial charge < -0.3 is 5.32 Å². The second kappa shape index (κ2) is 7.08. The Labute approximate surface area is 119 Å². The van der Waals surface area contributed by atoms with Crippen molar-refractivity contribution in [1.82, 2.24) is 10.2 Å². The maximum atomic E-state index is 3.51. The van der Waals surface area contributed by atoms with Gasteiger partial charge in [0.1, 0.15) is 0 Å². The summed E-state index contributed by atoms with van der Waals surface area (Å²) in [5, 5.41) is 3.51. The van der Waals surface area contributed by atoms with Crippen molar-refractivity contribution < 1.29 is 0 Å². The first-order valence-electron chi connectivity index (χ1n) is 8.90. The molecule has 0 unspecified atom stereocenters. The van der Waals surface area contributed by atoms with Crippen LogP contribution in [0.4, 0.5) is 0 Å². The number of nitrogens with one attached hydrogen (secondary N) is 1. The van der Waals surface area contributed by atoms with Crippen molar-refractivity contribution in [3.8, 4) is 0 Å². The van der Waals surface area contributed by atoms with E-state index in [0.29, 0.717) is 0 Å². The summed E-state index contributed by atoms with van der Waals surface area (Å²) >= 11 is 0. The van der Waals surface area contributed by atoms with Gasteiger partial charge in [-0.05, 0) is 57.5 Å². The van der Waals surface area contributed by atoms with E-state index in [-0.39, 0.29) is 0 Å². The third-order valence-electron chi connectivity index (χ3n) is 5.49. The summed E-state index contributed by atoms with van der Waals surface area (Å²) in [4.78, 5) is 2.96. The highest BCUT2D eigenvalue weighted by atomic mass is 15.2. The van der Waals surface area contributed by atoms with E-state index < -0.39 is 0 Å². The zero-order chi connectivity index (χ0) is 12.9. The predicted octanol–water partition coefficient (Wildman–Crippen LogP) is 3.56. The zero-order valence-corrected chi connectivity index (χ0v) is 12.6. The van der Waals surface area contributed by atoms with Crippen molar-refractivity contribution in [3.63, 3.8) is 0 Å². The van der Waals surface area contributed by atoms with Crippen LogP contribution in [0.15, 0.2) is 0 Å². The van der Waals surface area contributed by atoms with Crippen LogP contribution in [0, 0.1) is 5.92 Å². The van der Waals surface area contributed by atoms with Gasteiger partial charge in [0.15, 0.2) is 0 Å². The van der Waals surface area contributed by atoms with Gasteiger partial charge in [0, 0.05) is 18.6 Å². The van der Waals surface area contributed by atoms with Gasteiger partial charge in [-0.1, -0.05) is 32.1 Å². The highest BCUT2D eigenvalue weighted by Crippen LogP contribution is 2.34. The first-order chi connectivity index (χ1) is 9.43. The Morgan fingerprint density at radius 2 is 1.26 bits per heavy atom. The maximum absolute atomic E-state index is 3.51. The van der Waals surface area contributed by atoms with E-state index in [1.54, 1.807) is 0 Å². The lowest BCUT2D eigenvalue weighted by Crippen LogP contribution is -2.43. The predicted molar refractivity (Wildman–Crippen MR) is 81.4 cm³/mol. The Balaban J connectivity index is 1.55. The van der Waals surface area contributed by atoms with Gasteiger partial charge in [-0.25, -0.2) is 0 Å². The van der Waals surface area contributed by atoms with Crippen molar-refractivity contribution in [3.05, 3.63) is 0 Å². The molecule has 0 aromatic carbocycles. The molecule has 2 heteroatoms. The SMILES string of the molecule is C1CCCC(N(CC2CCNCC2)C2CC2)CCC1. The summed E-state index contributed by atoms with van der Waals surface area (Å²) in [6, 6.07) is 1.90. The molecule has 0 aromatic heterocycles. The first kappa shape index (κ1) is 13.9. The van der Waals surface area contributed by atoms with Crippen molar-refractivity contribution in [2.24, 2.45) is 5.92 Å². The van der Waals surface area contributed by atoms with Crippen molar-refractivity contribution in [2.45, 2.75) is 82.7 Å². The molecule has 0 atom stereocenters. The molecule has 1 saturated heterocycles. The van der Waals surface area contributed by atoms with Gasteiger partial charge in [-0.2, -0.15) is 0 Å². The van der Waals surface area contributed by atoms with Gasteiger partial charge >= 0.3 is 0 Å².